The second-order valence-electron chi connectivity index (χ2n) is 4.40. The van der Waals surface area contributed by atoms with Crippen molar-refractivity contribution in [2.75, 3.05) is 7.11 Å². The average Bonchev–Trinajstić information content (AvgIpc) is 2.85. The minimum atomic E-state index is -0.368. The molecular weight excluding hydrogens is 257 g/mol. The van der Waals surface area contributed by atoms with E-state index in [0.29, 0.717) is 22.6 Å². The van der Waals surface area contributed by atoms with Gasteiger partial charge in [0.1, 0.15) is 11.6 Å². The van der Waals surface area contributed by atoms with Crippen molar-refractivity contribution in [2.24, 2.45) is 0 Å². The van der Waals surface area contributed by atoms with E-state index in [4.69, 9.17) is 4.74 Å². The summed E-state index contributed by atoms with van der Waals surface area (Å²) in [5.41, 5.74) is 2.57. The quantitative estimate of drug-likeness (QED) is 0.680. The lowest BCUT2D eigenvalue weighted by Crippen LogP contribution is -1.94. The minimum absolute atomic E-state index is 0.368. The van der Waals surface area contributed by atoms with Crippen LogP contribution in [0.15, 0.2) is 48.7 Å². The number of nitrogens with zero attached hydrogens (tertiary/aromatic N) is 1. The van der Waals surface area contributed by atoms with Crippen LogP contribution in [-0.2, 0) is 0 Å². The topological polar surface area (TPSA) is 30.7 Å². The first-order chi connectivity index (χ1) is 9.74. The molecule has 0 aliphatic heterocycles. The molecule has 0 amide bonds. The molecule has 0 aliphatic carbocycles. The molecule has 20 heavy (non-hydrogen) atoms. The number of aldehydes is 1. The number of aromatic nitrogens is 1. The van der Waals surface area contributed by atoms with Crippen molar-refractivity contribution in [3.8, 4) is 16.9 Å². The van der Waals surface area contributed by atoms with E-state index in [9.17, 15) is 9.18 Å². The summed E-state index contributed by atoms with van der Waals surface area (Å²) in [5.74, 6) is 0.165. The van der Waals surface area contributed by atoms with Crippen LogP contribution in [0, 0.1) is 5.82 Å². The van der Waals surface area contributed by atoms with Crippen LogP contribution in [0.25, 0.3) is 16.6 Å². The summed E-state index contributed by atoms with van der Waals surface area (Å²) in [7, 11) is 1.52. The maximum atomic E-state index is 13.5. The predicted octanol–water partition coefficient (Wildman–Crippen LogP) is 3.57. The maximum Gasteiger partial charge on any atom is 0.167 e. The van der Waals surface area contributed by atoms with Gasteiger partial charge in [-0.3, -0.25) is 4.79 Å². The van der Waals surface area contributed by atoms with Crippen LogP contribution in [0.2, 0.25) is 0 Å². The zero-order valence-electron chi connectivity index (χ0n) is 10.8. The maximum absolute atomic E-state index is 13.5. The zero-order valence-corrected chi connectivity index (χ0v) is 10.8. The molecule has 0 spiro atoms. The summed E-state index contributed by atoms with van der Waals surface area (Å²) in [6.45, 7) is 0. The zero-order chi connectivity index (χ0) is 14.1. The summed E-state index contributed by atoms with van der Waals surface area (Å²) in [4.78, 5) is 11.4. The van der Waals surface area contributed by atoms with E-state index in [1.54, 1.807) is 16.7 Å². The van der Waals surface area contributed by atoms with Gasteiger partial charge in [0.15, 0.2) is 6.29 Å². The van der Waals surface area contributed by atoms with Gasteiger partial charge in [-0.1, -0.05) is 6.07 Å². The van der Waals surface area contributed by atoms with Gasteiger partial charge in [-0.2, -0.15) is 0 Å². The molecule has 0 aliphatic rings. The lowest BCUT2D eigenvalue weighted by molar-refractivity contribution is 0.111. The second-order valence-corrected chi connectivity index (χ2v) is 4.40. The van der Waals surface area contributed by atoms with Crippen LogP contribution in [0.5, 0.6) is 5.75 Å². The van der Waals surface area contributed by atoms with Crippen LogP contribution < -0.4 is 4.74 Å². The van der Waals surface area contributed by atoms with Crippen LogP contribution in [0.4, 0.5) is 4.39 Å². The van der Waals surface area contributed by atoms with E-state index in [1.165, 1.54) is 19.2 Å². The third kappa shape index (κ3) is 1.86. The van der Waals surface area contributed by atoms with E-state index < -0.39 is 0 Å². The molecule has 4 heteroatoms. The van der Waals surface area contributed by atoms with E-state index >= 15 is 0 Å². The number of rotatable bonds is 3. The lowest BCUT2D eigenvalue weighted by Gasteiger charge is -2.08. The highest BCUT2D eigenvalue weighted by Crippen LogP contribution is 2.34. The minimum Gasteiger partial charge on any atom is -0.496 e. The first-order valence-corrected chi connectivity index (χ1v) is 6.14. The number of carbonyl (C=O) groups excluding carboxylic acids is 1. The Bertz CT molecular complexity index is 792. The molecule has 0 atom stereocenters. The summed E-state index contributed by atoms with van der Waals surface area (Å²) in [6.07, 6.45) is 2.57. The summed E-state index contributed by atoms with van der Waals surface area (Å²) < 4.78 is 20.5. The summed E-state index contributed by atoms with van der Waals surface area (Å²) in [6, 6.07) is 11.7. The van der Waals surface area contributed by atoms with Gasteiger partial charge >= 0.3 is 0 Å². The molecule has 0 saturated carbocycles. The van der Waals surface area contributed by atoms with E-state index in [2.05, 4.69) is 0 Å². The Balaban J connectivity index is 2.34. The number of benzene rings is 1. The first-order valence-electron chi connectivity index (χ1n) is 6.14. The Morgan fingerprint density at radius 1 is 1.15 bits per heavy atom. The molecule has 3 rings (SSSR count). The van der Waals surface area contributed by atoms with Crippen LogP contribution in [0.1, 0.15) is 10.5 Å². The van der Waals surface area contributed by atoms with Crippen molar-refractivity contribution in [1.29, 1.82) is 0 Å². The van der Waals surface area contributed by atoms with Gasteiger partial charge in [-0.25, -0.2) is 4.39 Å². The molecule has 0 saturated heterocycles. The number of fused-ring (bicyclic) bond motifs is 1. The molecular formula is C16H12FNO2. The largest absolute Gasteiger partial charge is 0.496 e. The highest BCUT2D eigenvalue weighted by Gasteiger charge is 2.15. The molecule has 3 aromatic rings. The number of hydrogen-bond donors (Lipinski definition) is 0. The van der Waals surface area contributed by atoms with Gasteiger partial charge in [0.2, 0.25) is 0 Å². The highest BCUT2D eigenvalue weighted by molar-refractivity contribution is 5.91. The molecule has 0 bridgehead atoms. The Kier molecular flexibility index (Phi) is 2.99. The first kappa shape index (κ1) is 12.4. The third-order valence-corrected chi connectivity index (χ3v) is 3.28. The fraction of sp³-hybridized carbons (Fsp3) is 0.0625. The Morgan fingerprint density at radius 3 is 2.75 bits per heavy atom. The SMILES string of the molecule is COc1ccc(F)cc1-c1cc2ccccn2c1C=O. The van der Waals surface area contributed by atoms with Gasteiger partial charge in [-0.15, -0.1) is 0 Å². The highest BCUT2D eigenvalue weighted by atomic mass is 19.1. The lowest BCUT2D eigenvalue weighted by atomic mass is 10.0. The van der Waals surface area contributed by atoms with Gasteiger partial charge in [0.25, 0.3) is 0 Å². The van der Waals surface area contributed by atoms with Gasteiger partial charge in [0, 0.05) is 22.8 Å². The van der Waals surface area contributed by atoms with Crippen molar-refractivity contribution in [1.82, 2.24) is 4.40 Å². The number of pyridine rings is 1. The molecule has 100 valence electrons. The van der Waals surface area contributed by atoms with E-state index in [0.717, 1.165) is 11.8 Å². The van der Waals surface area contributed by atoms with Crippen LogP contribution in [-0.4, -0.2) is 17.8 Å². The van der Waals surface area contributed by atoms with Crippen molar-refractivity contribution in [3.05, 3.63) is 60.2 Å². The van der Waals surface area contributed by atoms with E-state index in [-0.39, 0.29) is 5.82 Å². The van der Waals surface area contributed by atoms with Gasteiger partial charge in [0.05, 0.1) is 12.8 Å². The van der Waals surface area contributed by atoms with E-state index in [1.807, 2.05) is 24.3 Å². The Morgan fingerprint density at radius 2 is 2.00 bits per heavy atom. The van der Waals surface area contributed by atoms with Gasteiger partial charge < -0.3 is 9.14 Å². The monoisotopic (exact) mass is 269 g/mol. The molecule has 2 heterocycles. The molecule has 3 nitrogen and oxygen atoms in total. The fourth-order valence-corrected chi connectivity index (χ4v) is 2.37. The normalized spacial score (nSPS) is 10.7. The standard InChI is InChI=1S/C16H12FNO2/c1-20-16-6-5-11(17)8-14(16)13-9-12-4-2-3-7-18(12)15(13)10-19/h2-10H,1H3. The van der Waals surface area contributed by atoms with Crippen LogP contribution in [0.3, 0.4) is 0 Å². The van der Waals surface area contributed by atoms with Crippen molar-refractivity contribution < 1.29 is 13.9 Å². The molecule has 0 radical (unpaired) electrons. The number of methoxy groups -OCH3 is 1. The molecule has 2 aromatic heterocycles. The fourth-order valence-electron chi connectivity index (χ4n) is 2.37. The summed E-state index contributed by atoms with van der Waals surface area (Å²) >= 11 is 0. The number of carbonyl (C=O) groups is 1. The smallest absolute Gasteiger partial charge is 0.167 e. The number of hydrogen-bond acceptors (Lipinski definition) is 2. The van der Waals surface area contributed by atoms with Crippen molar-refractivity contribution in [2.45, 2.75) is 0 Å². The number of halogens is 1. The molecule has 0 unspecified atom stereocenters. The predicted molar refractivity (Wildman–Crippen MR) is 74.7 cm³/mol. The third-order valence-electron chi connectivity index (χ3n) is 3.28. The van der Waals surface area contributed by atoms with Crippen molar-refractivity contribution >= 4 is 11.8 Å². The summed E-state index contributed by atoms with van der Waals surface area (Å²) in [5, 5.41) is 0. The van der Waals surface area contributed by atoms with Crippen molar-refractivity contribution in [3.63, 3.8) is 0 Å². The average molecular weight is 269 g/mol. The van der Waals surface area contributed by atoms with Gasteiger partial charge in [-0.05, 0) is 36.4 Å². The molecule has 0 fully saturated rings. The second kappa shape index (κ2) is 4.81. The number of ether oxygens (including phenoxy) is 1. The Hall–Kier alpha value is -2.62. The van der Waals surface area contributed by atoms with Crippen LogP contribution >= 0.6 is 0 Å². The molecule has 0 N–H and O–H groups in total. The Labute approximate surface area is 115 Å². The molecule has 1 aromatic carbocycles.